The lowest BCUT2D eigenvalue weighted by Gasteiger charge is -2.20. The Kier molecular flexibility index (Phi) is 6.32. The number of benzene rings is 2. The van der Waals surface area contributed by atoms with E-state index in [4.69, 9.17) is 0 Å². The van der Waals surface area contributed by atoms with Crippen LogP contribution < -0.4 is 10.2 Å². The summed E-state index contributed by atoms with van der Waals surface area (Å²) in [6.45, 7) is 5.30. The standard InChI is InChI=1S/C23H27N3O3/c1-16-9-13-20(14-10-16)26-18(3)22(28)25(23(26)29)15-21(27)24-17(2)11-12-19-7-5-4-6-8-19/h4-10,13-14,17-18H,11-12,15H2,1-3H3,(H,24,27)/t17-,18-/m1/s1. The van der Waals surface area contributed by atoms with E-state index in [0.29, 0.717) is 5.69 Å². The van der Waals surface area contributed by atoms with E-state index in [1.54, 1.807) is 6.92 Å². The lowest BCUT2D eigenvalue weighted by atomic mass is 10.1. The molecule has 29 heavy (non-hydrogen) atoms. The topological polar surface area (TPSA) is 69.7 Å². The minimum Gasteiger partial charge on any atom is -0.352 e. The van der Waals surface area contributed by atoms with Crippen LogP contribution in [0.2, 0.25) is 0 Å². The van der Waals surface area contributed by atoms with Crippen molar-refractivity contribution in [2.24, 2.45) is 0 Å². The highest BCUT2D eigenvalue weighted by Crippen LogP contribution is 2.25. The van der Waals surface area contributed by atoms with Crippen LogP contribution in [0.5, 0.6) is 0 Å². The molecule has 0 aliphatic carbocycles. The molecule has 1 fully saturated rings. The summed E-state index contributed by atoms with van der Waals surface area (Å²) in [6.07, 6.45) is 1.63. The summed E-state index contributed by atoms with van der Waals surface area (Å²) >= 11 is 0. The first-order valence-corrected chi connectivity index (χ1v) is 9.91. The van der Waals surface area contributed by atoms with E-state index in [-0.39, 0.29) is 24.4 Å². The number of imide groups is 1. The molecular weight excluding hydrogens is 366 g/mol. The predicted molar refractivity (Wildman–Crippen MR) is 113 cm³/mol. The minimum atomic E-state index is -0.631. The Labute approximate surface area is 171 Å². The zero-order chi connectivity index (χ0) is 21.0. The lowest BCUT2D eigenvalue weighted by molar-refractivity contribution is -0.132. The smallest absolute Gasteiger partial charge is 0.332 e. The molecule has 6 heteroatoms. The summed E-state index contributed by atoms with van der Waals surface area (Å²) in [5, 5.41) is 2.89. The number of anilines is 1. The fourth-order valence-electron chi connectivity index (χ4n) is 3.47. The van der Waals surface area contributed by atoms with Crippen molar-refractivity contribution in [1.29, 1.82) is 0 Å². The summed E-state index contributed by atoms with van der Waals surface area (Å²) in [6, 6.07) is 16.3. The average Bonchev–Trinajstić information content (AvgIpc) is 2.91. The molecule has 6 nitrogen and oxygen atoms in total. The van der Waals surface area contributed by atoms with Gasteiger partial charge in [0.2, 0.25) is 5.91 Å². The Morgan fingerprint density at radius 3 is 2.38 bits per heavy atom. The number of hydrogen-bond donors (Lipinski definition) is 1. The fourth-order valence-corrected chi connectivity index (χ4v) is 3.47. The molecule has 0 radical (unpaired) electrons. The van der Waals surface area contributed by atoms with Gasteiger partial charge in [-0.05, 0) is 51.3 Å². The van der Waals surface area contributed by atoms with Crippen LogP contribution >= 0.6 is 0 Å². The molecule has 0 saturated carbocycles. The molecule has 2 atom stereocenters. The molecule has 0 bridgehead atoms. The van der Waals surface area contributed by atoms with Crippen molar-refractivity contribution in [1.82, 2.24) is 10.2 Å². The van der Waals surface area contributed by atoms with Crippen molar-refractivity contribution < 1.29 is 14.4 Å². The van der Waals surface area contributed by atoms with Crippen LogP contribution in [-0.2, 0) is 16.0 Å². The maximum absolute atomic E-state index is 12.8. The van der Waals surface area contributed by atoms with Gasteiger partial charge in [-0.2, -0.15) is 0 Å². The first kappa shape index (κ1) is 20.6. The Balaban J connectivity index is 1.57. The number of rotatable bonds is 7. The van der Waals surface area contributed by atoms with Crippen LogP contribution in [-0.4, -0.2) is 41.4 Å². The number of urea groups is 1. The van der Waals surface area contributed by atoms with Gasteiger partial charge < -0.3 is 5.32 Å². The van der Waals surface area contributed by atoms with Crippen LogP contribution in [0.25, 0.3) is 0 Å². The molecule has 2 aromatic rings. The van der Waals surface area contributed by atoms with Crippen molar-refractivity contribution >= 4 is 23.5 Å². The maximum atomic E-state index is 12.8. The van der Waals surface area contributed by atoms with E-state index in [9.17, 15) is 14.4 Å². The second-order valence-corrected chi connectivity index (χ2v) is 7.58. The highest BCUT2D eigenvalue weighted by molar-refractivity contribution is 6.15. The van der Waals surface area contributed by atoms with Gasteiger partial charge >= 0.3 is 6.03 Å². The molecule has 2 aromatic carbocycles. The van der Waals surface area contributed by atoms with Crippen LogP contribution in [0.15, 0.2) is 54.6 Å². The van der Waals surface area contributed by atoms with Crippen molar-refractivity contribution in [3.8, 4) is 0 Å². The van der Waals surface area contributed by atoms with Crippen LogP contribution in [0, 0.1) is 6.92 Å². The van der Waals surface area contributed by atoms with E-state index >= 15 is 0 Å². The van der Waals surface area contributed by atoms with Gasteiger partial charge in [0.25, 0.3) is 5.91 Å². The van der Waals surface area contributed by atoms with Gasteiger partial charge in [0, 0.05) is 11.7 Å². The monoisotopic (exact) mass is 393 g/mol. The summed E-state index contributed by atoms with van der Waals surface area (Å²) in [7, 11) is 0. The fraction of sp³-hybridized carbons (Fsp3) is 0.348. The molecule has 3 rings (SSSR count). The highest BCUT2D eigenvalue weighted by Gasteiger charge is 2.44. The minimum absolute atomic E-state index is 0.0545. The summed E-state index contributed by atoms with van der Waals surface area (Å²) < 4.78 is 0. The van der Waals surface area contributed by atoms with Gasteiger partial charge in [-0.25, -0.2) is 4.79 Å². The molecule has 1 heterocycles. The molecule has 0 unspecified atom stereocenters. The zero-order valence-electron chi connectivity index (χ0n) is 17.1. The largest absolute Gasteiger partial charge is 0.352 e. The zero-order valence-corrected chi connectivity index (χ0v) is 17.1. The van der Waals surface area contributed by atoms with E-state index in [0.717, 1.165) is 23.3 Å². The van der Waals surface area contributed by atoms with E-state index < -0.39 is 12.1 Å². The highest BCUT2D eigenvalue weighted by atomic mass is 16.2. The first-order valence-electron chi connectivity index (χ1n) is 9.91. The quantitative estimate of drug-likeness (QED) is 0.734. The molecule has 1 N–H and O–H groups in total. The van der Waals surface area contributed by atoms with E-state index in [1.165, 1.54) is 10.5 Å². The summed E-state index contributed by atoms with van der Waals surface area (Å²) in [5.74, 6) is -0.687. The van der Waals surface area contributed by atoms with E-state index in [2.05, 4.69) is 17.4 Å². The van der Waals surface area contributed by atoms with Gasteiger partial charge in [-0.1, -0.05) is 48.0 Å². The van der Waals surface area contributed by atoms with Gasteiger partial charge in [0.05, 0.1) is 0 Å². The Morgan fingerprint density at radius 2 is 1.72 bits per heavy atom. The molecule has 4 amide bonds. The van der Waals surface area contributed by atoms with Gasteiger partial charge in [-0.15, -0.1) is 0 Å². The average molecular weight is 393 g/mol. The Hall–Kier alpha value is -3.15. The molecule has 1 saturated heterocycles. The maximum Gasteiger partial charge on any atom is 0.332 e. The van der Waals surface area contributed by atoms with Crippen LogP contribution in [0.1, 0.15) is 31.4 Å². The lowest BCUT2D eigenvalue weighted by Crippen LogP contribution is -2.44. The van der Waals surface area contributed by atoms with Gasteiger partial charge in [-0.3, -0.25) is 19.4 Å². The number of aryl methyl sites for hydroxylation is 2. The number of hydrogen-bond acceptors (Lipinski definition) is 3. The molecule has 1 aliphatic heterocycles. The number of carbonyl (C=O) groups is 3. The number of carbonyl (C=O) groups excluding carboxylic acids is 3. The molecule has 152 valence electrons. The molecule has 0 spiro atoms. The Bertz CT molecular complexity index is 880. The second-order valence-electron chi connectivity index (χ2n) is 7.58. The SMILES string of the molecule is Cc1ccc(N2C(=O)N(CC(=O)N[C@H](C)CCc3ccccc3)C(=O)[C@H]2C)cc1. The van der Waals surface area contributed by atoms with Crippen molar-refractivity contribution in [3.63, 3.8) is 0 Å². The number of amides is 4. The third-order valence-electron chi connectivity index (χ3n) is 5.18. The van der Waals surface area contributed by atoms with Gasteiger partial charge in [0.1, 0.15) is 12.6 Å². The molecular formula is C23H27N3O3. The van der Waals surface area contributed by atoms with Crippen molar-refractivity contribution in [3.05, 3.63) is 65.7 Å². The third-order valence-corrected chi connectivity index (χ3v) is 5.18. The molecule has 0 aromatic heterocycles. The van der Waals surface area contributed by atoms with Crippen molar-refractivity contribution in [2.75, 3.05) is 11.4 Å². The first-order chi connectivity index (χ1) is 13.9. The molecule has 1 aliphatic rings. The van der Waals surface area contributed by atoms with Crippen LogP contribution in [0.3, 0.4) is 0 Å². The normalized spacial score (nSPS) is 17.6. The Morgan fingerprint density at radius 1 is 1.07 bits per heavy atom. The predicted octanol–water partition coefficient (Wildman–Crippen LogP) is 3.29. The third kappa shape index (κ3) is 4.83. The van der Waals surface area contributed by atoms with Gasteiger partial charge in [0.15, 0.2) is 0 Å². The van der Waals surface area contributed by atoms with Crippen LogP contribution in [0.4, 0.5) is 10.5 Å². The summed E-state index contributed by atoms with van der Waals surface area (Å²) in [5.41, 5.74) is 2.93. The number of nitrogens with zero attached hydrogens (tertiary/aromatic N) is 2. The number of nitrogens with one attached hydrogen (secondary N) is 1. The summed E-state index contributed by atoms with van der Waals surface area (Å²) in [4.78, 5) is 40.3. The van der Waals surface area contributed by atoms with Crippen molar-refractivity contribution in [2.45, 2.75) is 45.7 Å². The second kappa shape index (κ2) is 8.90. The van der Waals surface area contributed by atoms with E-state index in [1.807, 2.05) is 56.3 Å².